The van der Waals surface area contributed by atoms with Gasteiger partial charge in [0, 0.05) is 0 Å². The van der Waals surface area contributed by atoms with Crippen LogP contribution < -0.4 is 10.1 Å². The molecule has 0 saturated carbocycles. The minimum atomic E-state index is 0. The van der Waals surface area contributed by atoms with Crippen LogP contribution in [-0.4, -0.2) is 20.2 Å². The van der Waals surface area contributed by atoms with Gasteiger partial charge in [0.05, 0.1) is 7.11 Å². The van der Waals surface area contributed by atoms with Gasteiger partial charge in [0.25, 0.3) is 0 Å². The van der Waals surface area contributed by atoms with E-state index in [1.165, 1.54) is 12.0 Å². The lowest BCUT2D eigenvalue weighted by Gasteiger charge is -2.04. The average molecular weight is 230 g/mol. The third kappa shape index (κ3) is 5.65. The molecule has 1 rings (SSSR count). The maximum absolute atomic E-state index is 5.10. The van der Waals surface area contributed by atoms with E-state index in [2.05, 4.69) is 24.4 Å². The Balaban J connectivity index is 0.00000196. The summed E-state index contributed by atoms with van der Waals surface area (Å²) in [6, 6.07) is 8.25. The summed E-state index contributed by atoms with van der Waals surface area (Å²) >= 11 is 0. The molecule has 0 radical (unpaired) electrons. The lowest BCUT2D eigenvalue weighted by molar-refractivity contribution is 0.414. The van der Waals surface area contributed by atoms with Crippen molar-refractivity contribution in [3.05, 3.63) is 29.8 Å². The van der Waals surface area contributed by atoms with Gasteiger partial charge in [-0.25, -0.2) is 0 Å². The summed E-state index contributed by atoms with van der Waals surface area (Å²) in [5.74, 6) is 0.926. The molecular formula is C12H20ClNO. The molecule has 0 aromatic heterocycles. The molecule has 0 aliphatic heterocycles. The normalized spacial score (nSPS) is 9.47. The SMILES string of the molecule is CCCNCCc1ccc(OC)cc1.Cl. The van der Waals surface area contributed by atoms with Crippen molar-refractivity contribution in [2.24, 2.45) is 0 Å². The molecule has 0 unspecified atom stereocenters. The first-order valence-electron chi connectivity index (χ1n) is 5.20. The third-order valence-electron chi connectivity index (χ3n) is 2.18. The number of methoxy groups -OCH3 is 1. The van der Waals surface area contributed by atoms with Crippen LogP contribution in [0.2, 0.25) is 0 Å². The molecule has 0 atom stereocenters. The lowest BCUT2D eigenvalue weighted by Crippen LogP contribution is -2.17. The Morgan fingerprint density at radius 1 is 1.13 bits per heavy atom. The fraction of sp³-hybridized carbons (Fsp3) is 0.500. The molecular weight excluding hydrogens is 210 g/mol. The van der Waals surface area contributed by atoms with E-state index in [1.807, 2.05) is 12.1 Å². The first-order chi connectivity index (χ1) is 6.86. The van der Waals surface area contributed by atoms with Crippen LogP contribution in [0.5, 0.6) is 5.75 Å². The minimum Gasteiger partial charge on any atom is -0.497 e. The molecule has 1 aromatic rings. The Hall–Kier alpha value is -0.730. The molecule has 1 N–H and O–H groups in total. The van der Waals surface area contributed by atoms with Crippen LogP contribution in [0.4, 0.5) is 0 Å². The summed E-state index contributed by atoms with van der Waals surface area (Å²) in [6.07, 6.45) is 2.28. The highest BCUT2D eigenvalue weighted by Gasteiger charge is 1.93. The van der Waals surface area contributed by atoms with Gasteiger partial charge in [-0.3, -0.25) is 0 Å². The van der Waals surface area contributed by atoms with E-state index >= 15 is 0 Å². The van der Waals surface area contributed by atoms with Gasteiger partial charge >= 0.3 is 0 Å². The van der Waals surface area contributed by atoms with Gasteiger partial charge in [-0.2, -0.15) is 0 Å². The zero-order chi connectivity index (χ0) is 10.2. The maximum atomic E-state index is 5.10. The van der Waals surface area contributed by atoms with Gasteiger partial charge in [-0.15, -0.1) is 12.4 Å². The standard InChI is InChI=1S/C12H19NO.ClH/c1-3-9-13-10-8-11-4-6-12(14-2)7-5-11;/h4-7,13H,3,8-10H2,1-2H3;1H. The number of benzene rings is 1. The van der Waals surface area contributed by atoms with Crippen molar-refractivity contribution in [1.82, 2.24) is 5.32 Å². The highest BCUT2D eigenvalue weighted by Crippen LogP contribution is 2.11. The molecule has 15 heavy (non-hydrogen) atoms. The van der Waals surface area contributed by atoms with Gasteiger partial charge in [0.1, 0.15) is 5.75 Å². The van der Waals surface area contributed by atoms with Crippen LogP contribution >= 0.6 is 12.4 Å². The molecule has 2 nitrogen and oxygen atoms in total. The molecule has 86 valence electrons. The van der Waals surface area contributed by atoms with Crippen LogP contribution in [0.3, 0.4) is 0 Å². The summed E-state index contributed by atoms with van der Waals surface area (Å²) < 4.78 is 5.10. The van der Waals surface area contributed by atoms with Crippen molar-refractivity contribution in [1.29, 1.82) is 0 Å². The fourth-order valence-electron chi connectivity index (χ4n) is 1.33. The molecule has 0 amide bonds. The molecule has 0 aliphatic rings. The second-order valence-corrected chi connectivity index (χ2v) is 3.35. The predicted octanol–water partition coefficient (Wildman–Crippen LogP) is 2.66. The van der Waals surface area contributed by atoms with E-state index in [4.69, 9.17) is 4.74 Å². The second kappa shape index (κ2) is 8.57. The van der Waals surface area contributed by atoms with Gasteiger partial charge in [-0.1, -0.05) is 19.1 Å². The van der Waals surface area contributed by atoms with E-state index in [9.17, 15) is 0 Å². The Morgan fingerprint density at radius 2 is 1.80 bits per heavy atom. The van der Waals surface area contributed by atoms with Crippen molar-refractivity contribution < 1.29 is 4.74 Å². The zero-order valence-corrected chi connectivity index (χ0v) is 10.3. The number of rotatable bonds is 6. The topological polar surface area (TPSA) is 21.3 Å². The van der Waals surface area contributed by atoms with Crippen LogP contribution in [0.1, 0.15) is 18.9 Å². The zero-order valence-electron chi connectivity index (χ0n) is 9.45. The summed E-state index contributed by atoms with van der Waals surface area (Å²) in [5.41, 5.74) is 1.36. The Morgan fingerprint density at radius 3 is 2.33 bits per heavy atom. The van der Waals surface area contributed by atoms with Crippen LogP contribution in [0, 0.1) is 0 Å². The number of ether oxygens (including phenoxy) is 1. The highest BCUT2D eigenvalue weighted by atomic mass is 35.5. The van der Waals surface area contributed by atoms with Gasteiger partial charge in [-0.05, 0) is 43.6 Å². The second-order valence-electron chi connectivity index (χ2n) is 3.35. The van der Waals surface area contributed by atoms with Crippen LogP contribution in [-0.2, 0) is 6.42 Å². The van der Waals surface area contributed by atoms with Crippen molar-refractivity contribution in [2.45, 2.75) is 19.8 Å². The molecule has 0 aliphatic carbocycles. The van der Waals surface area contributed by atoms with E-state index in [1.54, 1.807) is 7.11 Å². The minimum absolute atomic E-state index is 0. The first kappa shape index (κ1) is 14.3. The average Bonchev–Trinajstić information content (AvgIpc) is 2.25. The van der Waals surface area contributed by atoms with E-state index < -0.39 is 0 Å². The largest absolute Gasteiger partial charge is 0.497 e. The fourth-order valence-corrected chi connectivity index (χ4v) is 1.33. The van der Waals surface area contributed by atoms with Crippen molar-refractivity contribution in [2.75, 3.05) is 20.2 Å². The number of nitrogens with one attached hydrogen (secondary N) is 1. The van der Waals surface area contributed by atoms with E-state index in [0.717, 1.165) is 25.3 Å². The predicted molar refractivity (Wildman–Crippen MR) is 67.1 cm³/mol. The Kier molecular flexibility index (Phi) is 8.15. The molecule has 0 bridgehead atoms. The monoisotopic (exact) mass is 229 g/mol. The van der Waals surface area contributed by atoms with Gasteiger partial charge in [0.2, 0.25) is 0 Å². The Bertz CT molecular complexity index is 248. The summed E-state index contributed by atoms with van der Waals surface area (Å²) in [7, 11) is 1.69. The van der Waals surface area contributed by atoms with Crippen LogP contribution in [0.25, 0.3) is 0 Å². The molecule has 0 saturated heterocycles. The Labute approximate surface area is 98.4 Å². The highest BCUT2D eigenvalue weighted by molar-refractivity contribution is 5.85. The number of hydrogen-bond acceptors (Lipinski definition) is 2. The quantitative estimate of drug-likeness (QED) is 0.758. The summed E-state index contributed by atoms with van der Waals surface area (Å²) in [6.45, 7) is 4.34. The summed E-state index contributed by atoms with van der Waals surface area (Å²) in [4.78, 5) is 0. The number of hydrogen-bond donors (Lipinski definition) is 1. The molecule has 1 aromatic carbocycles. The lowest BCUT2D eigenvalue weighted by atomic mass is 10.1. The molecule has 0 fully saturated rings. The van der Waals surface area contributed by atoms with Gasteiger partial charge in [0.15, 0.2) is 0 Å². The van der Waals surface area contributed by atoms with E-state index in [-0.39, 0.29) is 12.4 Å². The van der Waals surface area contributed by atoms with E-state index in [0.29, 0.717) is 0 Å². The maximum Gasteiger partial charge on any atom is 0.118 e. The van der Waals surface area contributed by atoms with Crippen molar-refractivity contribution >= 4 is 12.4 Å². The van der Waals surface area contributed by atoms with Crippen molar-refractivity contribution in [3.8, 4) is 5.75 Å². The smallest absolute Gasteiger partial charge is 0.118 e. The summed E-state index contributed by atoms with van der Waals surface area (Å²) in [5, 5.41) is 3.38. The van der Waals surface area contributed by atoms with Crippen molar-refractivity contribution in [3.63, 3.8) is 0 Å². The number of halogens is 1. The molecule has 0 heterocycles. The molecule has 3 heteroatoms. The van der Waals surface area contributed by atoms with Crippen LogP contribution in [0.15, 0.2) is 24.3 Å². The van der Waals surface area contributed by atoms with Gasteiger partial charge < -0.3 is 10.1 Å². The molecule has 0 spiro atoms. The third-order valence-corrected chi connectivity index (χ3v) is 2.18. The first-order valence-corrected chi connectivity index (χ1v) is 5.20.